The largest absolute Gasteiger partial charge is 0.455 e. The van der Waals surface area contributed by atoms with Gasteiger partial charge in [0.05, 0.1) is 5.56 Å². The van der Waals surface area contributed by atoms with Gasteiger partial charge in [0.2, 0.25) is 0 Å². The number of ether oxygens (including phenoxy) is 1. The molecule has 0 amide bonds. The van der Waals surface area contributed by atoms with E-state index >= 15 is 0 Å². The maximum atomic E-state index is 13.0. The van der Waals surface area contributed by atoms with E-state index in [1.165, 1.54) is 20.2 Å². The Morgan fingerprint density at radius 3 is 2.23 bits per heavy atom. The number of fused-ring (bicyclic) bond motifs is 3. The fraction of sp³-hybridized carbons (Fsp3) is 0.222. The molecule has 3 aromatic carbocycles. The minimum absolute atomic E-state index is 0.211. The Hall–Kier alpha value is -2.91. The lowest BCUT2D eigenvalue weighted by molar-refractivity contribution is -0.0199. The fourth-order valence-electron chi connectivity index (χ4n) is 4.44. The molecule has 0 saturated heterocycles. The molecular formula is C27H25O2S+. The van der Waals surface area contributed by atoms with Crippen molar-refractivity contribution in [3.8, 4) is 4.90 Å². The van der Waals surface area contributed by atoms with Crippen LogP contribution in [0, 0.1) is 5.92 Å². The number of allylic oxidation sites excluding steroid dienone is 1. The predicted molar refractivity (Wildman–Crippen MR) is 127 cm³/mol. The summed E-state index contributed by atoms with van der Waals surface area (Å²) < 4.78 is 8.62. The van der Waals surface area contributed by atoms with Crippen molar-refractivity contribution in [2.24, 2.45) is 5.92 Å². The first-order chi connectivity index (χ1) is 14.5. The van der Waals surface area contributed by atoms with Crippen molar-refractivity contribution in [3.63, 3.8) is 0 Å². The highest BCUT2D eigenvalue weighted by molar-refractivity contribution is 7.50. The lowest BCUT2D eigenvalue weighted by Crippen LogP contribution is -2.35. The molecule has 150 valence electrons. The summed E-state index contributed by atoms with van der Waals surface area (Å²) in [6.45, 7) is 4.03. The molecule has 0 radical (unpaired) electrons. The molecule has 1 aromatic heterocycles. The number of carbonyl (C=O) groups excluding carboxylic acids is 1. The Kier molecular flexibility index (Phi) is 4.71. The van der Waals surface area contributed by atoms with E-state index in [0.29, 0.717) is 5.56 Å². The summed E-state index contributed by atoms with van der Waals surface area (Å²) in [6, 6.07) is 25.2. The van der Waals surface area contributed by atoms with E-state index < -0.39 is 5.60 Å². The van der Waals surface area contributed by atoms with Crippen LogP contribution in [0.4, 0.5) is 0 Å². The van der Waals surface area contributed by atoms with Gasteiger partial charge in [0.15, 0.2) is 14.3 Å². The van der Waals surface area contributed by atoms with Crippen LogP contribution in [-0.4, -0.2) is 11.6 Å². The molecule has 1 unspecified atom stereocenters. The number of esters is 1. The molecule has 1 atom stereocenters. The summed E-state index contributed by atoms with van der Waals surface area (Å²) in [5.74, 6) is 0.0339. The standard InChI is InChI=1S/C27H25O2S/c1-27(2,20-11-3-4-12-20)29-26(28)19-10-9-13-21(18-19)30-24-16-7-5-14-22(24)23-15-6-8-17-25(23)30/h3,5-11,13-18,20H,4,12H2,1-2H3/q+1. The number of hydrogen-bond donors (Lipinski definition) is 0. The summed E-state index contributed by atoms with van der Waals surface area (Å²) >= 11 is 0. The highest BCUT2D eigenvalue weighted by Crippen LogP contribution is 2.48. The summed E-state index contributed by atoms with van der Waals surface area (Å²) in [4.78, 5) is 14.2. The quantitative estimate of drug-likeness (QED) is 0.195. The average molecular weight is 414 g/mol. The Balaban J connectivity index is 1.56. The molecule has 1 heterocycles. The molecule has 30 heavy (non-hydrogen) atoms. The smallest absolute Gasteiger partial charge is 0.338 e. The molecule has 0 bridgehead atoms. The topological polar surface area (TPSA) is 26.3 Å². The van der Waals surface area contributed by atoms with Crippen molar-refractivity contribution in [3.05, 3.63) is 90.5 Å². The average Bonchev–Trinajstić information content (AvgIpc) is 3.41. The predicted octanol–water partition coefficient (Wildman–Crippen LogP) is 7.63. The fourth-order valence-corrected chi connectivity index (χ4v) is 6.87. The van der Waals surface area contributed by atoms with Crippen molar-refractivity contribution in [1.29, 1.82) is 0 Å². The van der Waals surface area contributed by atoms with Gasteiger partial charge in [-0.1, -0.05) is 42.5 Å². The Bertz CT molecular complexity index is 1230. The summed E-state index contributed by atoms with van der Waals surface area (Å²) in [5, 5.41) is 2.58. The molecule has 0 N–H and O–H groups in total. The van der Waals surface area contributed by atoms with E-state index in [9.17, 15) is 4.79 Å². The minimum Gasteiger partial charge on any atom is -0.455 e. The highest BCUT2D eigenvalue weighted by atomic mass is 32.2. The Morgan fingerprint density at radius 1 is 0.933 bits per heavy atom. The first-order valence-electron chi connectivity index (χ1n) is 10.5. The SMILES string of the molecule is CC(C)(OC(=O)c1cccc(-[s+]2c3ccccc3c3ccccc32)c1)C1C=CCC1. The maximum absolute atomic E-state index is 13.0. The van der Waals surface area contributed by atoms with E-state index in [0.717, 1.165) is 17.7 Å². The van der Waals surface area contributed by atoms with Gasteiger partial charge >= 0.3 is 5.97 Å². The van der Waals surface area contributed by atoms with Crippen LogP contribution in [0.3, 0.4) is 0 Å². The zero-order chi connectivity index (χ0) is 20.7. The third kappa shape index (κ3) is 3.23. The summed E-state index contributed by atoms with van der Waals surface area (Å²) in [5.41, 5.74) is 0.117. The van der Waals surface area contributed by atoms with Gasteiger partial charge in [-0.15, -0.1) is 0 Å². The van der Waals surface area contributed by atoms with Gasteiger partial charge in [0.1, 0.15) is 5.60 Å². The molecule has 4 aromatic rings. The van der Waals surface area contributed by atoms with Crippen LogP contribution in [0.25, 0.3) is 25.1 Å². The molecule has 3 heteroatoms. The summed E-state index contributed by atoms with van der Waals surface area (Å²) in [6.07, 6.45) is 6.45. The summed E-state index contributed by atoms with van der Waals surface area (Å²) in [7, 11) is -0.211. The third-order valence-corrected chi connectivity index (χ3v) is 8.39. The van der Waals surface area contributed by atoms with E-state index in [1.807, 2.05) is 32.0 Å². The van der Waals surface area contributed by atoms with E-state index in [2.05, 4.69) is 66.7 Å². The van der Waals surface area contributed by atoms with Crippen molar-refractivity contribution >= 4 is 36.6 Å². The molecular weight excluding hydrogens is 388 g/mol. The van der Waals surface area contributed by atoms with Crippen molar-refractivity contribution in [1.82, 2.24) is 0 Å². The molecule has 0 spiro atoms. The van der Waals surface area contributed by atoms with Gasteiger partial charge in [0, 0.05) is 33.2 Å². The van der Waals surface area contributed by atoms with Crippen molar-refractivity contribution < 1.29 is 9.53 Å². The number of hydrogen-bond acceptors (Lipinski definition) is 2. The van der Waals surface area contributed by atoms with Crippen LogP contribution in [-0.2, 0) is 4.74 Å². The first kappa shape index (κ1) is 19.1. The molecule has 2 nitrogen and oxygen atoms in total. The molecule has 1 aliphatic rings. The second kappa shape index (κ2) is 7.41. The van der Waals surface area contributed by atoms with Crippen LogP contribution < -0.4 is 0 Å². The zero-order valence-corrected chi connectivity index (χ0v) is 18.1. The lowest BCUT2D eigenvalue weighted by atomic mass is 9.90. The number of carbonyl (C=O) groups is 1. The van der Waals surface area contributed by atoms with Crippen molar-refractivity contribution in [2.45, 2.75) is 32.3 Å². The molecule has 1 aliphatic carbocycles. The van der Waals surface area contributed by atoms with Gasteiger partial charge in [0.25, 0.3) is 0 Å². The van der Waals surface area contributed by atoms with Gasteiger partial charge < -0.3 is 4.74 Å². The van der Waals surface area contributed by atoms with Crippen LogP contribution in [0.15, 0.2) is 84.9 Å². The van der Waals surface area contributed by atoms with Crippen LogP contribution in [0.5, 0.6) is 0 Å². The van der Waals surface area contributed by atoms with Crippen LogP contribution in [0.2, 0.25) is 0 Å². The van der Waals surface area contributed by atoms with E-state index in [1.54, 1.807) is 0 Å². The number of benzene rings is 3. The first-order valence-corrected chi connectivity index (χ1v) is 11.7. The Morgan fingerprint density at radius 2 is 1.60 bits per heavy atom. The minimum atomic E-state index is -0.505. The van der Waals surface area contributed by atoms with E-state index in [-0.39, 0.29) is 22.4 Å². The highest BCUT2D eigenvalue weighted by Gasteiger charge is 2.33. The lowest BCUT2D eigenvalue weighted by Gasteiger charge is -2.30. The van der Waals surface area contributed by atoms with Crippen LogP contribution >= 0.6 is 10.5 Å². The second-order valence-corrected chi connectivity index (χ2v) is 10.4. The van der Waals surface area contributed by atoms with Gasteiger partial charge in [-0.2, -0.15) is 0 Å². The van der Waals surface area contributed by atoms with E-state index in [4.69, 9.17) is 4.74 Å². The second-order valence-electron chi connectivity index (χ2n) is 8.43. The monoisotopic (exact) mass is 413 g/mol. The molecule has 0 aliphatic heterocycles. The van der Waals surface area contributed by atoms with Gasteiger partial charge in [-0.3, -0.25) is 0 Å². The van der Waals surface area contributed by atoms with Gasteiger partial charge in [-0.05, 0) is 63.1 Å². The molecule has 5 rings (SSSR count). The Labute approximate surface area is 179 Å². The van der Waals surface area contributed by atoms with Gasteiger partial charge in [-0.25, -0.2) is 4.79 Å². The normalized spacial score (nSPS) is 16.4. The zero-order valence-electron chi connectivity index (χ0n) is 17.3. The number of thiophene rings is 1. The van der Waals surface area contributed by atoms with Crippen molar-refractivity contribution in [2.75, 3.05) is 0 Å². The number of rotatable bonds is 4. The maximum Gasteiger partial charge on any atom is 0.338 e. The van der Waals surface area contributed by atoms with Crippen LogP contribution in [0.1, 0.15) is 37.0 Å². The third-order valence-electron chi connectivity index (χ3n) is 6.07. The molecule has 0 fully saturated rings. The molecule has 0 saturated carbocycles.